The molecule has 0 unspecified atom stereocenters. The Hall–Kier alpha value is -3.93. The zero-order valence-corrected chi connectivity index (χ0v) is 19.4. The van der Waals surface area contributed by atoms with Gasteiger partial charge < -0.3 is 14.8 Å². The Morgan fingerprint density at radius 2 is 1.65 bits per heavy atom. The lowest BCUT2D eigenvalue weighted by Gasteiger charge is -2.38. The summed E-state index contributed by atoms with van der Waals surface area (Å²) in [4.78, 5) is 33.5. The van der Waals surface area contributed by atoms with E-state index in [-0.39, 0.29) is 24.3 Å². The predicted octanol–water partition coefficient (Wildman–Crippen LogP) is 4.70. The maximum Gasteiger partial charge on any atom is 0.247 e. The molecule has 0 bridgehead atoms. The highest BCUT2D eigenvalue weighted by Crippen LogP contribution is 2.37. The summed E-state index contributed by atoms with van der Waals surface area (Å²) < 4.78 is 1.97. The van der Waals surface area contributed by atoms with Gasteiger partial charge in [-0.2, -0.15) is 0 Å². The van der Waals surface area contributed by atoms with Crippen molar-refractivity contribution in [2.75, 3.05) is 0 Å². The van der Waals surface area contributed by atoms with Crippen LogP contribution in [0, 0.1) is 6.92 Å². The molecule has 4 aromatic rings. The fourth-order valence-electron chi connectivity index (χ4n) is 4.65. The van der Waals surface area contributed by atoms with Crippen LogP contribution in [0.2, 0.25) is 0 Å². The first kappa shape index (κ1) is 21.9. The molecule has 0 saturated heterocycles. The largest absolute Gasteiger partial charge is 0.352 e. The van der Waals surface area contributed by atoms with Crippen LogP contribution in [0.3, 0.4) is 0 Å². The number of nitrogens with one attached hydrogen (secondary N) is 1. The van der Waals surface area contributed by atoms with Gasteiger partial charge in [0.2, 0.25) is 11.8 Å². The molecule has 2 atom stereocenters. The summed E-state index contributed by atoms with van der Waals surface area (Å²) in [7, 11) is 0. The fourth-order valence-corrected chi connectivity index (χ4v) is 4.65. The van der Waals surface area contributed by atoms with Crippen molar-refractivity contribution in [1.82, 2.24) is 19.8 Å². The lowest BCUT2D eigenvalue weighted by Crippen LogP contribution is -2.46. The minimum Gasteiger partial charge on any atom is -0.352 e. The molecule has 34 heavy (non-hydrogen) atoms. The number of benzene rings is 3. The van der Waals surface area contributed by atoms with Gasteiger partial charge in [-0.1, -0.05) is 72.3 Å². The molecule has 0 aliphatic carbocycles. The van der Waals surface area contributed by atoms with Crippen LogP contribution in [0.4, 0.5) is 0 Å². The minimum atomic E-state index is -0.639. The molecular weight excluding hydrogens is 424 g/mol. The van der Waals surface area contributed by atoms with Crippen molar-refractivity contribution in [2.45, 2.75) is 45.4 Å². The van der Waals surface area contributed by atoms with E-state index in [1.54, 1.807) is 0 Å². The van der Waals surface area contributed by atoms with E-state index < -0.39 is 6.04 Å². The molecule has 1 aliphatic heterocycles. The molecule has 3 aromatic carbocycles. The molecule has 1 N–H and O–H groups in total. The number of nitrogens with zero attached hydrogens (tertiary/aromatic N) is 3. The van der Waals surface area contributed by atoms with Crippen molar-refractivity contribution in [1.29, 1.82) is 0 Å². The summed E-state index contributed by atoms with van der Waals surface area (Å²) >= 11 is 0. The smallest absolute Gasteiger partial charge is 0.247 e. The Balaban J connectivity index is 1.44. The van der Waals surface area contributed by atoms with Gasteiger partial charge in [-0.15, -0.1) is 0 Å². The first-order valence-corrected chi connectivity index (χ1v) is 11.6. The maximum absolute atomic E-state index is 13.8. The Morgan fingerprint density at radius 3 is 2.41 bits per heavy atom. The van der Waals surface area contributed by atoms with Crippen molar-refractivity contribution < 1.29 is 9.59 Å². The van der Waals surface area contributed by atoms with Crippen LogP contribution >= 0.6 is 0 Å². The van der Waals surface area contributed by atoms with Crippen LogP contribution in [-0.2, 0) is 22.7 Å². The number of imidazole rings is 1. The van der Waals surface area contributed by atoms with E-state index >= 15 is 0 Å². The Labute approximate surface area is 199 Å². The summed E-state index contributed by atoms with van der Waals surface area (Å²) in [5.74, 6) is 0.599. The lowest BCUT2D eigenvalue weighted by atomic mass is 10.0. The summed E-state index contributed by atoms with van der Waals surface area (Å²) in [6.45, 7) is 4.95. The summed E-state index contributed by atoms with van der Waals surface area (Å²) in [6, 6.07) is 25.0. The predicted molar refractivity (Wildman–Crippen MR) is 132 cm³/mol. The van der Waals surface area contributed by atoms with Crippen molar-refractivity contribution >= 4 is 22.8 Å². The molecule has 0 saturated carbocycles. The molecule has 2 amide bonds. The standard InChI is InChI=1S/C28H28N4O2/c1-19-12-14-21(15-13-19)17-29-26(33)16-25-28(34)31(18-22-8-4-3-5-9-22)20(2)27-30-23-10-6-7-11-24(23)32(25)27/h3-15,20,25H,16-18H2,1-2H3,(H,29,33)/t20-,25-/m1/s1. The number of carbonyl (C=O) groups excluding carboxylic acids is 2. The molecule has 2 heterocycles. The highest BCUT2D eigenvalue weighted by Gasteiger charge is 2.40. The second-order valence-corrected chi connectivity index (χ2v) is 8.94. The highest BCUT2D eigenvalue weighted by molar-refractivity contribution is 5.90. The van der Waals surface area contributed by atoms with Gasteiger partial charge in [0, 0.05) is 13.1 Å². The summed E-state index contributed by atoms with van der Waals surface area (Å²) in [5, 5.41) is 2.99. The van der Waals surface area contributed by atoms with Crippen LogP contribution in [0.15, 0.2) is 78.9 Å². The van der Waals surface area contributed by atoms with E-state index in [0.717, 1.165) is 28.0 Å². The Kier molecular flexibility index (Phi) is 5.88. The fraction of sp³-hybridized carbons (Fsp3) is 0.250. The number of hydrogen-bond acceptors (Lipinski definition) is 3. The molecule has 172 valence electrons. The Bertz CT molecular complexity index is 1330. The summed E-state index contributed by atoms with van der Waals surface area (Å²) in [5.41, 5.74) is 4.98. The molecule has 6 nitrogen and oxygen atoms in total. The molecule has 1 aromatic heterocycles. The van der Waals surface area contributed by atoms with Gasteiger partial charge in [-0.25, -0.2) is 4.98 Å². The SMILES string of the molecule is Cc1ccc(CNC(=O)C[C@@H]2C(=O)N(Cc3ccccc3)[C@H](C)c3nc4ccccc4n32)cc1. The zero-order valence-electron chi connectivity index (χ0n) is 19.4. The van der Waals surface area contributed by atoms with E-state index in [2.05, 4.69) is 5.32 Å². The van der Waals surface area contributed by atoms with E-state index in [1.165, 1.54) is 5.56 Å². The van der Waals surface area contributed by atoms with E-state index in [0.29, 0.717) is 13.1 Å². The topological polar surface area (TPSA) is 67.2 Å². The number of aryl methyl sites for hydroxylation is 1. The second-order valence-electron chi connectivity index (χ2n) is 8.94. The normalized spacial score (nSPS) is 17.6. The molecule has 1 aliphatic rings. The van der Waals surface area contributed by atoms with Gasteiger partial charge in [-0.05, 0) is 37.1 Å². The molecule has 0 fully saturated rings. The first-order valence-electron chi connectivity index (χ1n) is 11.6. The number of fused-ring (bicyclic) bond motifs is 3. The monoisotopic (exact) mass is 452 g/mol. The zero-order chi connectivity index (χ0) is 23.7. The van der Waals surface area contributed by atoms with Crippen molar-refractivity contribution in [3.05, 3.63) is 101 Å². The second kappa shape index (κ2) is 9.14. The van der Waals surface area contributed by atoms with Gasteiger partial charge in [0.15, 0.2) is 0 Å². The number of amides is 2. The molecule has 6 heteroatoms. The minimum absolute atomic E-state index is 0.0579. The van der Waals surface area contributed by atoms with Crippen molar-refractivity contribution in [3.8, 4) is 0 Å². The van der Waals surface area contributed by atoms with E-state index in [1.807, 2.05) is 102 Å². The van der Waals surface area contributed by atoms with Gasteiger partial charge >= 0.3 is 0 Å². The average Bonchev–Trinajstić information content (AvgIpc) is 3.24. The van der Waals surface area contributed by atoms with Crippen molar-refractivity contribution in [3.63, 3.8) is 0 Å². The highest BCUT2D eigenvalue weighted by atomic mass is 16.2. The van der Waals surface area contributed by atoms with Crippen LogP contribution in [0.1, 0.15) is 47.9 Å². The quantitative estimate of drug-likeness (QED) is 0.461. The van der Waals surface area contributed by atoms with Gasteiger partial charge in [0.25, 0.3) is 0 Å². The summed E-state index contributed by atoms with van der Waals surface area (Å²) in [6.07, 6.45) is 0.0655. The van der Waals surface area contributed by atoms with E-state index in [9.17, 15) is 9.59 Å². The number of rotatable bonds is 6. The third-order valence-electron chi connectivity index (χ3n) is 6.53. The number of carbonyl (C=O) groups is 2. The molecular formula is C28H28N4O2. The molecule has 5 rings (SSSR count). The Morgan fingerprint density at radius 1 is 0.941 bits per heavy atom. The average molecular weight is 453 g/mol. The maximum atomic E-state index is 13.8. The number of hydrogen-bond donors (Lipinski definition) is 1. The van der Waals surface area contributed by atoms with Gasteiger partial charge in [0.05, 0.1) is 23.5 Å². The lowest BCUT2D eigenvalue weighted by molar-refractivity contribution is -0.142. The number of aromatic nitrogens is 2. The molecule has 0 spiro atoms. The van der Waals surface area contributed by atoms with Gasteiger partial charge in [0.1, 0.15) is 11.9 Å². The third kappa shape index (κ3) is 4.19. The van der Waals surface area contributed by atoms with Crippen LogP contribution in [0.5, 0.6) is 0 Å². The van der Waals surface area contributed by atoms with Gasteiger partial charge in [-0.3, -0.25) is 9.59 Å². The van der Waals surface area contributed by atoms with Crippen molar-refractivity contribution in [2.24, 2.45) is 0 Å². The third-order valence-corrected chi connectivity index (χ3v) is 6.53. The first-order chi connectivity index (χ1) is 16.5. The molecule has 0 radical (unpaired) electrons. The van der Waals surface area contributed by atoms with Crippen LogP contribution in [0.25, 0.3) is 11.0 Å². The number of para-hydroxylation sites is 2. The van der Waals surface area contributed by atoms with E-state index in [4.69, 9.17) is 4.98 Å². The van der Waals surface area contributed by atoms with Crippen LogP contribution in [-0.4, -0.2) is 26.3 Å². The van der Waals surface area contributed by atoms with Crippen LogP contribution < -0.4 is 5.32 Å².